The van der Waals surface area contributed by atoms with Gasteiger partial charge in [0.15, 0.2) is 0 Å². The summed E-state index contributed by atoms with van der Waals surface area (Å²) >= 11 is 0. The Bertz CT molecular complexity index is 446. The highest BCUT2D eigenvalue weighted by molar-refractivity contribution is 5.87. The van der Waals surface area contributed by atoms with E-state index >= 15 is 0 Å². The van der Waals surface area contributed by atoms with Crippen molar-refractivity contribution in [2.45, 2.75) is 39.2 Å². The van der Waals surface area contributed by atoms with Gasteiger partial charge in [-0.25, -0.2) is 9.78 Å². The lowest BCUT2D eigenvalue weighted by atomic mass is 10.1. The van der Waals surface area contributed by atoms with Gasteiger partial charge in [-0.15, -0.1) is 0 Å². The van der Waals surface area contributed by atoms with E-state index in [2.05, 4.69) is 9.72 Å². The molecule has 0 aromatic carbocycles. The lowest BCUT2D eigenvalue weighted by Gasteiger charge is -2.19. The van der Waals surface area contributed by atoms with E-state index in [1.807, 2.05) is 20.8 Å². The third kappa shape index (κ3) is 5.50. The standard InChI is InChI=1S/C14H19NO4/c1-14(2,3)19-12(16)8-6-10-5-7-11(15-9-10)13(17)18-4/h5,7,9H,6,8H2,1-4H3. The summed E-state index contributed by atoms with van der Waals surface area (Å²) in [6.07, 6.45) is 2.39. The topological polar surface area (TPSA) is 65.5 Å². The number of methoxy groups -OCH3 is 1. The van der Waals surface area contributed by atoms with Crippen molar-refractivity contribution >= 4 is 11.9 Å². The summed E-state index contributed by atoms with van der Waals surface area (Å²) in [5.41, 5.74) is 0.659. The van der Waals surface area contributed by atoms with E-state index in [0.29, 0.717) is 6.42 Å². The van der Waals surface area contributed by atoms with Gasteiger partial charge in [-0.1, -0.05) is 6.07 Å². The summed E-state index contributed by atoms with van der Waals surface area (Å²) in [6, 6.07) is 3.33. The van der Waals surface area contributed by atoms with Gasteiger partial charge in [0.1, 0.15) is 11.3 Å². The average molecular weight is 265 g/mol. The highest BCUT2D eigenvalue weighted by Gasteiger charge is 2.16. The quantitative estimate of drug-likeness (QED) is 0.780. The normalized spacial score (nSPS) is 10.9. The first-order valence-corrected chi connectivity index (χ1v) is 6.07. The molecule has 19 heavy (non-hydrogen) atoms. The second-order valence-electron chi connectivity index (χ2n) is 5.13. The SMILES string of the molecule is COC(=O)c1ccc(CCC(=O)OC(C)(C)C)cn1. The fourth-order valence-corrected chi connectivity index (χ4v) is 1.44. The number of ether oxygens (including phenoxy) is 2. The van der Waals surface area contributed by atoms with Gasteiger partial charge in [0.05, 0.1) is 7.11 Å². The van der Waals surface area contributed by atoms with Crippen LogP contribution in [0.25, 0.3) is 0 Å². The summed E-state index contributed by atoms with van der Waals surface area (Å²) < 4.78 is 9.76. The molecule has 1 aromatic rings. The highest BCUT2D eigenvalue weighted by atomic mass is 16.6. The predicted octanol–water partition coefficient (Wildman–Crippen LogP) is 2.14. The first-order valence-electron chi connectivity index (χ1n) is 6.07. The molecular weight excluding hydrogens is 246 g/mol. The number of carbonyl (C=O) groups excluding carboxylic acids is 2. The van der Waals surface area contributed by atoms with E-state index in [9.17, 15) is 9.59 Å². The van der Waals surface area contributed by atoms with Crippen LogP contribution in [-0.4, -0.2) is 29.6 Å². The van der Waals surface area contributed by atoms with Crippen LogP contribution in [0.5, 0.6) is 0 Å². The Morgan fingerprint density at radius 2 is 1.95 bits per heavy atom. The Balaban J connectivity index is 2.50. The number of rotatable bonds is 4. The minimum atomic E-state index is -0.473. The molecule has 0 fully saturated rings. The van der Waals surface area contributed by atoms with E-state index in [0.717, 1.165) is 5.56 Å². The van der Waals surface area contributed by atoms with Crippen LogP contribution in [0.1, 0.15) is 43.2 Å². The van der Waals surface area contributed by atoms with Gasteiger partial charge in [0.2, 0.25) is 0 Å². The molecule has 0 atom stereocenters. The molecule has 0 unspecified atom stereocenters. The molecule has 1 rings (SSSR count). The van der Waals surface area contributed by atoms with Gasteiger partial charge >= 0.3 is 11.9 Å². The zero-order chi connectivity index (χ0) is 14.5. The molecular formula is C14H19NO4. The van der Waals surface area contributed by atoms with Gasteiger partial charge in [0, 0.05) is 12.6 Å². The number of hydrogen-bond donors (Lipinski definition) is 0. The van der Waals surface area contributed by atoms with E-state index in [1.165, 1.54) is 7.11 Å². The number of aromatic nitrogens is 1. The largest absolute Gasteiger partial charge is 0.464 e. The first-order chi connectivity index (χ1) is 8.81. The zero-order valence-electron chi connectivity index (χ0n) is 11.7. The fraction of sp³-hybridized carbons (Fsp3) is 0.500. The maximum atomic E-state index is 11.5. The number of esters is 2. The van der Waals surface area contributed by atoms with Crippen molar-refractivity contribution in [3.8, 4) is 0 Å². The minimum absolute atomic E-state index is 0.246. The molecule has 5 nitrogen and oxygen atoms in total. The molecule has 0 N–H and O–H groups in total. The molecule has 1 heterocycles. The highest BCUT2D eigenvalue weighted by Crippen LogP contribution is 2.10. The maximum absolute atomic E-state index is 11.5. The summed E-state index contributed by atoms with van der Waals surface area (Å²) in [6.45, 7) is 5.49. The number of aryl methyl sites for hydroxylation is 1. The van der Waals surface area contributed by atoms with Crippen LogP contribution in [0.3, 0.4) is 0 Å². The van der Waals surface area contributed by atoms with Crippen molar-refractivity contribution in [1.82, 2.24) is 4.98 Å². The number of hydrogen-bond acceptors (Lipinski definition) is 5. The molecule has 5 heteroatoms. The summed E-state index contributed by atoms with van der Waals surface area (Å²) in [4.78, 5) is 26.7. The van der Waals surface area contributed by atoms with Crippen LogP contribution in [0.4, 0.5) is 0 Å². The summed E-state index contributed by atoms with van der Waals surface area (Å²) in [5, 5.41) is 0. The van der Waals surface area contributed by atoms with Gasteiger partial charge in [-0.2, -0.15) is 0 Å². The van der Waals surface area contributed by atoms with E-state index < -0.39 is 11.6 Å². The van der Waals surface area contributed by atoms with Crippen molar-refractivity contribution in [1.29, 1.82) is 0 Å². The molecule has 0 aliphatic rings. The van der Waals surface area contributed by atoms with Gasteiger partial charge in [0.25, 0.3) is 0 Å². The van der Waals surface area contributed by atoms with Crippen molar-refractivity contribution in [2.24, 2.45) is 0 Å². The first kappa shape index (κ1) is 15.1. The lowest BCUT2D eigenvalue weighted by Crippen LogP contribution is -2.24. The van der Waals surface area contributed by atoms with Crippen molar-refractivity contribution in [3.05, 3.63) is 29.6 Å². The van der Waals surface area contributed by atoms with E-state index in [-0.39, 0.29) is 18.1 Å². The Hall–Kier alpha value is -1.91. The van der Waals surface area contributed by atoms with Crippen LogP contribution in [-0.2, 0) is 20.7 Å². The summed E-state index contributed by atoms with van der Waals surface area (Å²) in [7, 11) is 1.31. The van der Waals surface area contributed by atoms with E-state index in [1.54, 1.807) is 18.3 Å². The monoisotopic (exact) mass is 265 g/mol. The summed E-state index contributed by atoms with van der Waals surface area (Å²) in [5.74, 6) is -0.719. The Morgan fingerprint density at radius 3 is 2.42 bits per heavy atom. The number of nitrogens with zero attached hydrogens (tertiary/aromatic N) is 1. The number of pyridine rings is 1. The van der Waals surface area contributed by atoms with Crippen LogP contribution < -0.4 is 0 Å². The Kier molecular flexibility index (Phi) is 5.03. The van der Waals surface area contributed by atoms with Crippen LogP contribution >= 0.6 is 0 Å². The van der Waals surface area contributed by atoms with Crippen LogP contribution in [0.15, 0.2) is 18.3 Å². The molecule has 0 bridgehead atoms. The molecule has 0 radical (unpaired) electrons. The minimum Gasteiger partial charge on any atom is -0.464 e. The fourth-order valence-electron chi connectivity index (χ4n) is 1.44. The molecule has 0 saturated heterocycles. The second-order valence-corrected chi connectivity index (χ2v) is 5.13. The van der Waals surface area contributed by atoms with Gasteiger partial charge < -0.3 is 9.47 Å². The smallest absolute Gasteiger partial charge is 0.356 e. The molecule has 0 amide bonds. The maximum Gasteiger partial charge on any atom is 0.356 e. The molecule has 0 saturated carbocycles. The van der Waals surface area contributed by atoms with E-state index in [4.69, 9.17) is 4.74 Å². The molecule has 0 spiro atoms. The zero-order valence-corrected chi connectivity index (χ0v) is 11.7. The third-order valence-electron chi connectivity index (χ3n) is 2.26. The molecule has 104 valence electrons. The van der Waals surface area contributed by atoms with Gasteiger partial charge in [-0.05, 0) is 38.8 Å². The molecule has 1 aromatic heterocycles. The van der Waals surface area contributed by atoms with Gasteiger partial charge in [-0.3, -0.25) is 4.79 Å². The Morgan fingerprint density at radius 1 is 1.26 bits per heavy atom. The Labute approximate surface area is 112 Å². The van der Waals surface area contributed by atoms with Crippen molar-refractivity contribution in [2.75, 3.05) is 7.11 Å². The average Bonchev–Trinajstić information content (AvgIpc) is 2.34. The van der Waals surface area contributed by atoms with Crippen molar-refractivity contribution < 1.29 is 19.1 Å². The lowest BCUT2D eigenvalue weighted by molar-refractivity contribution is -0.154. The van der Waals surface area contributed by atoms with Crippen molar-refractivity contribution in [3.63, 3.8) is 0 Å². The predicted molar refractivity (Wildman–Crippen MR) is 69.7 cm³/mol. The van der Waals surface area contributed by atoms with Crippen LogP contribution in [0.2, 0.25) is 0 Å². The molecule has 0 aliphatic heterocycles. The second kappa shape index (κ2) is 6.31. The number of carbonyl (C=O) groups is 2. The third-order valence-corrected chi connectivity index (χ3v) is 2.26. The molecule has 0 aliphatic carbocycles. The van der Waals surface area contributed by atoms with Crippen LogP contribution in [0, 0.1) is 0 Å².